The molecule has 7 heteroatoms. The maximum atomic E-state index is 12.3. The number of hydrogen-bond donors (Lipinski definition) is 0. The Bertz CT molecular complexity index is 1050. The molecule has 0 aliphatic rings. The zero-order chi connectivity index (χ0) is 21.2. The number of rotatable bonds is 6. The number of benzene rings is 1. The zero-order valence-electron chi connectivity index (χ0n) is 17.5. The molecule has 0 N–H and O–H groups in total. The van der Waals surface area contributed by atoms with Gasteiger partial charge in [0, 0.05) is 23.4 Å². The Balaban J connectivity index is 1.56. The molecule has 0 saturated carbocycles. The number of carbonyl (C=O) groups excluding carboxylic acids is 2. The van der Waals surface area contributed by atoms with Crippen molar-refractivity contribution in [3.8, 4) is 0 Å². The molecule has 29 heavy (non-hydrogen) atoms. The Morgan fingerprint density at radius 2 is 1.79 bits per heavy atom. The first-order chi connectivity index (χ1) is 13.7. The number of Topliss-reactive ketones (excluding diaryl/α,β-unsaturated/α-hetero) is 1. The number of aryl methyl sites for hydroxylation is 2. The lowest BCUT2D eigenvalue weighted by atomic mass is 9.86. The zero-order valence-corrected chi connectivity index (χ0v) is 17.5. The van der Waals surface area contributed by atoms with Gasteiger partial charge in [0.15, 0.2) is 12.4 Å². The number of hydrogen-bond acceptors (Lipinski definition) is 6. The summed E-state index contributed by atoms with van der Waals surface area (Å²) < 4.78 is 6.84. The van der Waals surface area contributed by atoms with Gasteiger partial charge in [-0.1, -0.05) is 45.0 Å². The van der Waals surface area contributed by atoms with Crippen molar-refractivity contribution in [1.82, 2.24) is 19.6 Å². The highest BCUT2D eigenvalue weighted by Gasteiger charge is 2.16. The molecule has 0 fully saturated rings. The number of aromatic nitrogens is 4. The Hall–Kier alpha value is -3.09. The van der Waals surface area contributed by atoms with Crippen molar-refractivity contribution in [1.29, 1.82) is 0 Å². The fourth-order valence-corrected chi connectivity index (χ4v) is 3.20. The van der Waals surface area contributed by atoms with Crippen LogP contribution in [0.2, 0.25) is 0 Å². The van der Waals surface area contributed by atoms with Crippen LogP contribution < -0.4 is 0 Å². The minimum atomic E-state index is -0.415. The van der Waals surface area contributed by atoms with Crippen molar-refractivity contribution in [3.05, 3.63) is 58.7 Å². The molecule has 0 bridgehead atoms. The van der Waals surface area contributed by atoms with Crippen LogP contribution in [0.15, 0.2) is 30.6 Å². The minimum absolute atomic E-state index is 0.0222. The molecule has 0 spiro atoms. The van der Waals surface area contributed by atoms with E-state index in [1.807, 2.05) is 26.0 Å². The maximum Gasteiger partial charge on any atom is 0.306 e. The van der Waals surface area contributed by atoms with Gasteiger partial charge in [-0.2, -0.15) is 10.1 Å². The summed E-state index contributed by atoms with van der Waals surface area (Å²) in [5, 5.41) is 4.14. The first-order valence-electron chi connectivity index (χ1n) is 9.62. The van der Waals surface area contributed by atoms with Gasteiger partial charge in [0.05, 0.1) is 0 Å². The van der Waals surface area contributed by atoms with E-state index in [1.54, 1.807) is 16.6 Å². The first kappa shape index (κ1) is 20.6. The van der Waals surface area contributed by atoms with E-state index in [2.05, 4.69) is 35.8 Å². The Kier molecular flexibility index (Phi) is 5.77. The summed E-state index contributed by atoms with van der Waals surface area (Å²) in [6.45, 7) is 9.89. The van der Waals surface area contributed by atoms with Crippen molar-refractivity contribution in [2.45, 2.75) is 52.9 Å². The molecule has 2 aromatic heterocycles. The van der Waals surface area contributed by atoms with Crippen LogP contribution >= 0.6 is 0 Å². The number of esters is 1. The van der Waals surface area contributed by atoms with Crippen LogP contribution in [-0.4, -0.2) is 37.9 Å². The summed E-state index contributed by atoms with van der Waals surface area (Å²) in [7, 11) is 0. The van der Waals surface area contributed by atoms with Gasteiger partial charge in [0.25, 0.3) is 5.78 Å². The van der Waals surface area contributed by atoms with Gasteiger partial charge in [0.1, 0.15) is 6.33 Å². The van der Waals surface area contributed by atoms with Gasteiger partial charge in [-0.05, 0) is 36.8 Å². The van der Waals surface area contributed by atoms with Crippen LogP contribution in [0.4, 0.5) is 0 Å². The summed E-state index contributed by atoms with van der Waals surface area (Å²) in [6, 6.07) is 7.44. The van der Waals surface area contributed by atoms with E-state index in [4.69, 9.17) is 4.74 Å². The molecule has 0 saturated heterocycles. The number of nitrogens with zero attached hydrogens (tertiary/aromatic N) is 4. The number of fused-ring (bicyclic) bond motifs is 1. The van der Waals surface area contributed by atoms with E-state index in [0.717, 1.165) is 22.5 Å². The minimum Gasteiger partial charge on any atom is -0.457 e. The lowest BCUT2D eigenvalue weighted by Crippen LogP contribution is -2.16. The second kappa shape index (κ2) is 8.11. The number of ether oxygens (including phenoxy) is 1. The van der Waals surface area contributed by atoms with Crippen molar-refractivity contribution >= 4 is 17.5 Å². The third-order valence-corrected chi connectivity index (χ3v) is 5.00. The van der Waals surface area contributed by atoms with Gasteiger partial charge >= 0.3 is 5.97 Å². The molecule has 0 amide bonds. The van der Waals surface area contributed by atoms with E-state index in [0.29, 0.717) is 17.8 Å². The molecule has 0 aliphatic heterocycles. The van der Waals surface area contributed by atoms with Crippen LogP contribution in [0, 0.1) is 13.8 Å². The quantitative estimate of drug-likeness (QED) is 0.470. The standard InChI is InChI=1S/C22H26N4O3/c1-14-18(15(2)26-21(25-14)23-13-24-26)10-11-20(28)29-12-19(27)16-6-8-17(9-7-16)22(3,4)5/h6-9,13H,10-12H2,1-5H3. The molecular weight excluding hydrogens is 368 g/mol. The molecule has 1 aromatic carbocycles. The maximum absolute atomic E-state index is 12.3. The lowest BCUT2D eigenvalue weighted by Gasteiger charge is -2.18. The normalized spacial score (nSPS) is 11.6. The fraction of sp³-hybridized carbons (Fsp3) is 0.409. The van der Waals surface area contributed by atoms with Crippen molar-refractivity contribution in [2.24, 2.45) is 0 Å². The highest BCUT2D eigenvalue weighted by atomic mass is 16.5. The highest BCUT2D eigenvalue weighted by Crippen LogP contribution is 2.22. The highest BCUT2D eigenvalue weighted by molar-refractivity contribution is 5.98. The Morgan fingerprint density at radius 1 is 1.10 bits per heavy atom. The number of ketones is 1. The van der Waals surface area contributed by atoms with Crippen LogP contribution in [-0.2, 0) is 21.4 Å². The molecule has 0 radical (unpaired) electrons. The predicted octanol–water partition coefficient (Wildman–Crippen LogP) is 3.40. The van der Waals surface area contributed by atoms with E-state index in [-0.39, 0.29) is 24.2 Å². The molecule has 0 aliphatic carbocycles. The van der Waals surface area contributed by atoms with Gasteiger partial charge in [-0.3, -0.25) is 9.59 Å². The molecule has 152 valence electrons. The number of carbonyl (C=O) groups is 2. The van der Waals surface area contributed by atoms with Crippen molar-refractivity contribution in [3.63, 3.8) is 0 Å². The summed E-state index contributed by atoms with van der Waals surface area (Å²) >= 11 is 0. The average Bonchev–Trinajstić information content (AvgIpc) is 3.14. The van der Waals surface area contributed by atoms with E-state index >= 15 is 0 Å². The second-order valence-electron chi connectivity index (χ2n) is 8.14. The van der Waals surface area contributed by atoms with E-state index in [9.17, 15) is 9.59 Å². The topological polar surface area (TPSA) is 86.4 Å². The van der Waals surface area contributed by atoms with Gasteiger partial charge in [0.2, 0.25) is 0 Å². The van der Waals surface area contributed by atoms with Crippen molar-refractivity contribution in [2.75, 3.05) is 6.61 Å². The fourth-order valence-electron chi connectivity index (χ4n) is 3.20. The van der Waals surface area contributed by atoms with Crippen molar-refractivity contribution < 1.29 is 14.3 Å². The smallest absolute Gasteiger partial charge is 0.306 e. The molecule has 3 rings (SSSR count). The molecule has 0 atom stereocenters. The average molecular weight is 394 g/mol. The van der Waals surface area contributed by atoms with E-state index in [1.165, 1.54) is 6.33 Å². The second-order valence-corrected chi connectivity index (χ2v) is 8.14. The molecule has 2 heterocycles. The lowest BCUT2D eigenvalue weighted by molar-refractivity contribution is -0.142. The first-order valence-corrected chi connectivity index (χ1v) is 9.62. The molecule has 3 aromatic rings. The van der Waals surface area contributed by atoms with Gasteiger partial charge < -0.3 is 4.74 Å². The SMILES string of the molecule is Cc1nc2ncnn2c(C)c1CCC(=O)OCC(=O)c1ccc(C(C)(C)C)cc1. The Labute approximate surface area is 170 Å². The molecule has 0 unspecified atom stereocenters. The van der Waals surface area contributed by atoms with Crippen LogP contribution in [0.3, 0.4) is 0 Å². The van der Waals surface area contributed by atoms with E-state index < -0.39 is 5.97 Å². The van der Waals surface area contributed by atoms with Gasteiger partial charge in [-0.15, -0.1) is 0 Å². The Morgan fingerprint density at radius 3 is 2.45 bits per heavy atom. The molecule has 7 nitrogen and oxygen atoms in total. The van der Waals surface area contributed by atoms with Crippen LogP contribution in [0.5, 0.6) is 0 Å². The predicted molar refractivity (Wildman–Crippen MR) is 109 cm³/mol. The monoisotopic (exact) mass is 394 g/mol. The van der Waals surface area contributed by atoms with Gasteiger partial charge in [-0.25, -0.2) is 9.50 Å². The van der Waals surface area contributed by atoms with Crippen LogP contribution in [0.1, 0.15) is 60.1 Å². The molecular formula is C22H26N4O3. The third-order valence-electron chi connectivity index (χ3n) is 5.00. The largest absolute Gasteiger partial charge is 0.457 e. The summed E-state index contributed by atoms with van der Waals surface area (Å²) in [4.78, 5) is 32.9. The van der Waals surface area contributed by atoms with Crippen LogP contribution in [0.25, 0.3) is 5.78 Å². The summed E-state index contributed by atoms with van der Waals surface area (Å²) in [5.74, 6) is -0.0894. The summed E-state index contributed by atoms with van der Waals surface area (Å²) in [5.41, 5.74) is 4.35. The third kappa shape index (κ3) is 4.67. The summed E-state index contributed by atoms with van der Waals surface area (Å²) in [6.07, 6.45) is 2.08.